The monoisotopic (exact) mass is 297 g/mol. The number of hydrogen-bond acceptors (Lipinski definition) is 3. The minimum Gasteiger partial charge on any atom is -0.481 e. The van der Waals surface area contributed by atoms with Gasteiger partial charge in [0.1, 0.15) is 0 Å². The Hall–Kier alpha value is -1.10. The molecule has 0 spiro atoms. The number of nitrogens with one attached hydrogen (secondary N) is 1. The van der Waals surface area contributed by atoms with Crippen LogP contribution in [0.25, 0.3) is 0 Å². The fraction of sp³-hybridized carbons (Fsp3) is 0.875. The molecule has 0 aliphatic heterocycles. The zero-order chi connectivity index (χ0) is 15.3. The SMILES string of the molecule is CCOCCC1(C(=O)N[C@H]2CC[C@@H](C(=O)O)C2)CCCC1. The number of hydrogen-bond donors (Lipinski definition) is 2. The summed E-state index contributed by atoms with van der Waals surface area (Å²) in [6, 6.07) is 0.0307. The summed E-state index contributed by atoms with van der Waals surface area (Å²) in [6.07, 6.45) is 6.87. The van der Waals surface area contributed by atoms with Crippen LogP contribution in [0.3, 0.4) is 0 Å². The number of amides is 1. The molecule has 0 aromatic rings. The van der Waals surface area contributed by atoms with Gasteiger partial charge in [0.25, 0.3) is 0 Å². The van der Waals surface area contributed by atoms with E-state index in [2.05, 4.69) is 5.32 Å². The van der Waals surface area contributed by atoms with Gasteiger partial charge in [-0.25, -0.2) is 0 Å². The van der Waals surface area contributed by atoms with Crippen LogP contribution < -0.4 is 5.32 Å². The van der Waals surface area contributed by atoms with Crippen LogP contribution in [-0.2, 0) is 14.3 Å². The van der Waals surface area contributed by atoms with Crippen LogP contribution in [0.4, 0.5) is 0 Å². The molecular weight excluding hydrogens is 270 g/mol. The largest absolute Gasteiger partial charge is 0.481 e. The molecule has 0 bridgehead atoms. The zero-order valence-corrected chi connectivity index (χ0v) is 12.9. The fourth-order valence-electron chi connectivity index (χ4n) is 3.73. The molecule has 1 amide bonds. The third kappa shape index (κ3) is 3.96. The number of carboxylic acids is 1. The van der Waals surface area contributed by atoms with E-state index in [9.17, 15) is 9.59 Å². The lowest BCUT2D eigenvalue weighted by molar-refractivity contribution is -0.141. The summed E-state index contributed by atoms with van der Waals surface area (Å²) in [4.78, 5) is 23.7. The van der Waals surface area contributed by atoms with Gasteiger partial charge >= 0.3 is 5.97 Å². The van der Waals surface area contributed by atoms with Crippen LogP contribution in [0.15, 0.2) is 0 Å². The van der Waals surface area contributed by atoms with E-state index < -0.39 is 5.97 Å². The molecular formula is C16H27NO4. The van der Waals surface area contributed by atoms with Crippen LogP contribution in [0.5, 0.6) is 0 Å². The Balaban J connectivity index is 1.89. The van der Waals surface area contributed by atoms with Crippen molar-refractivity contribution in [3.8, 4) is 0 Å². The molecule has 2 atom stereocenters. The summed E-state index contributed by atoms with van der Waals surface area (Å²) < 4.78 is 5.43. The summed E-state index contributed by atoms with van der Waals surface area (Å²) in [6.45, 7) is 3.28. The minimum atomic E-state index is -0.737. The highest BCUT2D eigenvalue weighted by Gasteiger charge is 2.42. The van der Waals surface area contributed by atoms with E-state index >= 15 is 0 Å². The first-order chi connectivity index (χ1) is 10.1. The van der Waals surface area contributed by atoms with E-state index in [0.29, 0.717) is 26.1 Å². The van der Waals surface area contributed by atoms with Gasteiger partial charge in [0.15, 0.2) is 0 Å². The first kappa shape index (κ1) is 16.3. The quantitative estimate of drug-likeness (QED) is 0.707. The highest BCUT2D eigenvalue weighted by Crippen LogP contribution is 2.42. The van der Waals surface area contributed by atoms with Gasteiger partial charge in [-0.05, 0) is 45.4 Å². The van der Waals surface area contributed by atoms with Crippen molar-refractivity contribution in [1.82, 2.24) is 5.32 Å². The summed E-state index contributed by atoms with van der Waals surface area (Å²) in [7, 11) is 0. The topological polar surface area (TPSA) is 75.6 Å². The van der Waals surface area contributed by atoms with Gasteiger partial charge in [0.2, 0.25) is 5.91 Å². The lowest BCUT2D eigenvalue weighted by Gasteiger charge is -2.29. The molecule has 120 valence electrons. The lowest BCUT2D eigenvalue weighted by atomic mass is 9.81. The Kier molecular flexibility index (Phi) is 5.62. The third-order valence-electron chi connectivity index (χ3n) is 5.09. The Morgan fingerprint density at radius 3 is 2.57 bits per heavy atom. The van der Waals surface area contributed by atoms with Gasteiger partial charge in [-0.3, -0.25) is 9.59 Å². The highest BCUT2D eigenvalue weighted by atomic mass is 16.5. The molecule has 21 heavy (non-hydrogen) atoms. The molecule has 0 aromatic heterocycles. The molecule has 2 N–H and O–H groups in total. The van der Waals surface area contributed by atoms with Crippen LogP contribution >= 0.6 is 0 Å². The second kappa shape index (κ2) is 7.25. The van der Waals surface area contributed by atoms with E-state index in [1.807, 2.05) is 6.92 Å². The number of carbonyl (C=O) groups excluding carboxylic acids is 1. The average Bonchev–Trinajstić information content (AvgIpc) is 3.09. The second-order valence-electron chi connectivity index (χ2n) is 6.45. The highest BCUT2D eigenvalue weighted by molar-refractivity contribution is 5.83. The van der Waals surface area contributed by atoms with Crippen molar-refractivity contribution in [2.24, 2.45) is 11.3 Å². The maximum atomic E-state index is 12.7. The molecule has 5 heteroatoms. The molecule has 2 fully saturated rings. The molecule has 2 aliphatic carbocycles. The van der Waals surface area contributed by atoms with E-state index in [0.717, 1.165) is 38.5 Å². The average molecular weight is 297 g/mol. The van der Waals surface area contributed by atoms with Crippen molar-refractivity contribution in [3.63, 3.8) is 0 Å². The number of rotatable bonds is 7. The van der Waals surface area contributed by atoms with Crippen LogP contribution in [0.2, 0.25) is 0 Å². The summed E-state index contributed by atoms with van der Waals surface area (Å²) in [5.41, 5.74) is -0.281. The Labute approximate surface area is 126 Å². The Morgan fingerprint density at radius 2 is 2.00 bits per heavy atom. The van der Waals surface area contributed by atoms with Crippen molar-refractivity contribution in [1.29, 1.82) is 0 Å². The van der Waals surface area contributed by atoms with Gasteiger partial charge in [0.05, 0.1) is 11.3 Å². The maximum absolute atomic E-state index is 12.7. The first-order valence-electron chi connectivity index (χ1n) is 8.19. The number of carboxylic acid groups (broad SMARTS) is 1. The predicted molar refractivity (Wildman–Crippen MR) is 78.9 cm³/mol. The summed E-state index contributed by atoms with van der Waals surface area (Å²) >= 11 is 0. The summed E-state index contributed by atoms with van der Waals surface area (Å²) in [5, 5.41) is 12.2. The molecule has 2 aliphatic rings. The van der Waals surface area contributed by atoms with E-state index in [1.165, 1.54) is 0 Å². The normalized spacial score (nSPS) is 27.7. The Morgan fingerprint density at radius 1 is 1.29 bits per heavy atom. The fourth-order valence-corrected chi connectivity index (χ4v) is 3.73. The minimum absolute atomic E-state index is 0.0307. The number of ether oxygens (including phenoxy) is 1. The van der Waals surface area contributed by atoms with Gasteiger partial charge in [0, 0.05) is 19.3 Å². The van der Waals surface area contributed by atoms with Crippen molar-refractivity contribution in [3.05, 3.63) is 0 Å². The van der Waals surface area contributed by atoms with Gasteiger partial charge in [-0.1, -0.05) is 12.8 Å². The van der Waals surface area contributed by atoms with Gasteiger partial charge < -0.3 is 15.2 Å². The van der Waals surface area contributed by atoms with Crippen LogP contribution in [-0.4, -0.2) is 36.2 Å². The zero-order valence-electron chi connectivity index (χ0n) is 12.9. The molecule has 2 saturated carbocycles. The molecule has 0 heterocycles. The van der Waals surface area contributed by atoms with Crippen molar-refractivity contribution < 1.29 is 19.4 Å². The number of aliphatic carboxylic acids is 1. The molecule has 0 aromatic carbocycles. The Bertz CT molecular complexity index is 376. The third-order valence-corrected chi connectivity index (χ3v) is 5.09. The van der Waals surface area contributed by atoms with Gasteiger partial charge in [-0.15, -0.1) is 0 Å². The van der Waals surface area contributed by atoms with Crippen molar-refractivity contribution in [2.75, 3.05) is 13.2 Å². The smallest absolute Gasteiger partial charge is 0.306 e. The molecule has 5 nitrogen and oxygen atoms in total. The second-order valence-corrected chi connectivity index (χ2v) is 6.45. The van der Waals surface area contributed by atoms with E-state index in [4.69, 9.17) is 9.84 Å². The van der Waals surface area contributed by atoms with Crippen molar-refractivity contribution >= 4 is 11.9 Å². The van der Waals surface area contributed by atoms with E-state index in [1.54, 1.807) is 0 Å². The van der Waals surface area contributed by atoms with E-state index in [-0.39, 0.29) is 23.3 Å². The predicted octanol–water partition coefficient (Wildman–Crippen LogP) is 2.34. The molecule has 0 radical (unpaired) electrons. The molecule has 0 unspecified atom stereocenters. The maximum Gasteiger partial charge on any atom is 0.306 e. The molecule has 0 saturated heterocycles. The van der Waals surface area contributed by atoms with Crippen molar-refractivity contribution in [2.45, 2.75) is 64.3 Å². The molecule has 2 rings (SSSR count). The van der Waals surface area contributed by atoms with Crippen LogP contribution in [0.1, 0.15) is 58.3 Å². The van der Waals surface area contributed by atoms with Gasteiger partial charge in [-0.2, -0.15) is 0 Å². The standard InChI is InChI=1S/C16H27NO4/c1-2-21-10-9-16(7-3-4-8-16)15(20)17-13-6-5-12(11-13)14(18)19/h12-13H,2-11H2,1H3,(H,17,20)(H,18,19)/t12-,13+/m1/s1. The number of carbonyl (C=O) groups is 2. The summed E-state index contributed by atoms with van der Waals surface area (Å²) in [5.74, 6) is -0.910. The van der Waals surface area contributed by atoms with Crippen LogP contribution in [0, 0.1) is 11.3 Å². The lowest BCUT2D eigenvalue weighted by Crippen LogP contribution is -2.44. The first-order valence-corrected chi connectivity index (χ1v) is 8.19.